The molecular weight excluding hydrogens is 392 g/mol. The van der Waals surface area contributed by atoms with Crippen LogP contribution < -0.4 is 10.1 Å². The highest BCUT2D eigenvalue weighted by Gasteiger charge is 2.21. The maximum atomic E-state index is 12.3. The number of fused-ring (bicyclic) bond motifs is 2. The van der Waals surface area contributed by atoms with E-state index in [2.05, 4.69) is 25.4 Å². The molecule has 4 rings (SSSR count). The van der Waals surface area contributed by atoms with Crippen molar-refractivity contribution in [2.45, 2.75) is 32.7 Å². The average Bonchev–Trinajstić information content (AvgIpc) is 3.22. The molecule has 0 saturated heterocycles. The molecule has 2 N–H and O–H groups in total. The molecule has 1 aromatic carbocycles. The normalized spacial score (nSPS) is 11.9. The summed E-state index contributed by atoms with van der Waals surface area (Å²) in [5.41, 5.74) is 2.76. The van der Waals surface area contributed by atoms with Gasteiger partial charge in [0, 0.05) is 29.2 Å². The first kappa shape index (κ1) is 19.2. The fourth-order valence-electron chi connectivity index (χ4n) is 2.97. The number of aromatic amines is 1. The Morgan fingerprint density at radius 1 is 1.38 bits per heavy atom. The molecule has 0 saturated carbocycles. The molecule has 150 valence electrons. The number of hydrogen-bond acceptors (Lipinski definition) is 5. The molecule has 0 aliphatic carbocycles. The zero-order valence-corrected chi connectivity index (χ0v) is 17.3. The second-order valence-corrected chi connectivity index (χ2v) is 7.93. The van der Waals surface area contributed by atoms with E-state index in [0.717, 1.165) is 17.3 Å². The Kier molecular flexibility index (Phi) is 4.66. The van der Waals surface area contributed by atoms with Gasteiger partial charge in [0.1, 0.15) is 11.4 Å². The predicted molar refractivity (Wildman–Crippen MR) is 112 cm³/mol. The summed E-state index contributed by atoms with van der Waals surface area (Å²) in [5, 5.41) is 8.95. The number of H-pyrrole nitrogens is 1. The number of carbonyl (C=O) groups excluding carboxylic acids is 1. The standard InChI is InChI=1S/C20H21ClN6O2/c1-5-20(2,3)25-19(28)29-15-10-23-18-17(15)24-13(9-22-18)16-12-7-6-11(21)8-14(12)27(4)26-16/h6-10H,5H2,1-4H3,(H,22,23)(H,25,28). The highest BCUT2D eigenvalue weighted by atomic mass is 35.5. The summed E-state index contributed by atoms with van der Waals surface area (Å²) in [6.07, 6.45) is 3.45. The van der Waals surface area contributed by atoms with Crippen molar-refractivity contribution in [2.24, 2.45) is 7.05 Å². The van der Waals surface area contributed by atoms with Crippen LogP contribution in [-0.2, 0) is 7.05 Å². The van der Waals surface area contributed by atoms with Gasteiger partial charge in [0.2, 0.25) is 0 Å². The van der Waals surface area contributed by atoms with Gasteiger partial charge in [-0.25, -0.2) is 14.8 Å². The van der Waals surface area contributed by atoms with Gasteiger partial charge in [-0.3, -0.25) is 4.68 Å². The van der Waals surface area contributed by atoms with E-state index in [0.29, 0.717) is 33.3 Å². The predicted octanol–water partition coefficient (Wildman–Crippen LogP) is 4.44. The van der Waals surface area contributed by atoms with Gasteiger partial charge in [-0.1, -0.05) is 18.5 Å². The quantitative estimate of drug-likeness (QED) is 0.516. The molecule has 0 radical (unpaired) electrons. The van der Waals surface area contributed by atoms with Crippen LogP contribution in [0.5, 0.6) is 5.75 Å². The van der Waals surface area contributed by atoms with Crippen LogP contribution in [0.1, 0.15) is 27.2 Å². The molecule has 0 fully saturated rings. The fourth-order valence-corrected chi connectivity index (χ4v) is 3.14. The molecule has 0 aliphatic rings. The van der Waals surface area contributed by atoms with Crippen LogP contribution in [0.25, 0.3) is 33.5 Å². The number of aromatic nitrogens is 5. The molecule has 3 heterocycles. The van der Waals surface area contributed by atoms with Crippen molar-refractivity contribution in [2.75, 3.05) is 0 Å². The van der Waals surface area contributed by atoms with Crippen molar-refractivity contribution in [1.82, 2.24) is 30.0 Å². The lowest BCUT2D eigenvalue weighted by atomic mass is 10.0. The lowest BCUT2D eigenvalue weighted by Crippen LogP contribution is -2.44. The molecule has 29 heavy (non-hydrogen) atoms. The van der Waals surface area contributed by atoms with E-state index in [1.165, 1.54) is 0 Å². The van der Waals surface area contributed by atoms with E-state index >= 15 is 0 Å². The molecule has 0 aliphatic heterocycles. The molecule has 3 aromatic heterocycles. The number of hydrogen-bond donors (Lipinski definition) is 2. The Labute approximate surface area is 172 Å². The second kappa shape index (κ2) is 7.04. The van der Waals surface area contributed by atoms with Gasteiger partial charge in [-0.15, -0.1) is 0 Å². The van der Waals surface area contributed by atoms with Crippen LogP contribution in [0.4, 0.5) is 4.79 Å². The minimum Gasteiger partial charge on any atom is -0.406 e. The molecule has 4 aromatic rings. The number of benzene rings is 1. The molecule has 0 bridgehead atoms. The number of halogens is 1. The molecule has 0 unspecified atom stereocenters. The molecule has 0 spiro atoms. The Hall–Kier alpha value is -3.13. The van der Waals surface area contributed by atoms with Crippen molar-refractivity contribution < 1.29 is 9.53 Å². The monoisotopic (exact) mass is 412 g/mol. The van der Waals surface area contributed by atoms with E-state index in [4.69, 9.17) is 16.3 Å². The van der Waals surface area contributed by atoms with Crippen LogP contribution in [0, 0.1) is 0 Å². The summed E-state index contributed by atoms with van der Waals surface area (Å²) >= 11 is 6.11. The summed E-state index contributed by atoms with van der Waals surface area (Å²) in [4.78, 5) is 24.3. The van der Waals surface area contributed by atoms with Crippen LogP contribution >= 0.6 is 11.6 Å². The van der Waals surface area contributed by atoms with Crippen molar-refractivity contribution in [3.63, 3.8) is 0 Å². The summed E-state index contributed by atoms with van der Waals surface area (Å²) in [7, 11) is 1.85. The highest BCUT2D eigenvalue weighted by Crippen LogP contribution is 2.30. The van der Waals surface area contributed by atoms with Crippen LogP contribution in [0.3, 0.4) is 0 Å². The minimum atomic E-state index is -0.539. The van der Waals surface area contributed by atoms with Crippen molar-refractivity contribution in [3.8, 4) is 17.1 Å². The lowest BCUT2D eigenvalue weighted by molar-refractivity contribution is 0.188. The second-order valence-electron chi connectivity index (χ2n) is 7.49. The summed E-state index contributed by atoms with van der Waals surface area (Å²) in [5.74, 6) is 0.307. The SMILES string of the molecule is CCC(C)(C)NC(=O)Oc1c[nH]c2ncc(-c3nn(C)c4cc(Cl)ccc34)nc12. The Balaban J connectivity index is 1.72. The zero-order chi connectivity index (χ0) is 20.8. The van der Waals surface area contributed by atoms with E-state index < -0.39 is 6.09 Å². The van der Waals surface area contributed by atoms with Gasteiger partial charge in [-0.2, -0.15) is 5.10 Å². The Bertz CT molecular complexity index is 1230. The third-order valence-electron chi connectivity index (χ3n) is 4.93. The first-order valence-electron chi connectivity index (χ1n) is 9.24. The van der Waals surface area contributed by atoms with Crippen LogP contribution in [-0.4, -0.2) is 36.4 Å². The topological polar surface area (TPSA) is 97.7 Å². The fraction of sp³-hybridized carbons (Fsp3) is 0.300. The van der Waals surface area contributed by atoms with Gasteiger partial charge >= 0.3 is 6.09 Å². The first-order valence-corrected chi connectivity index (χ1v) is 9.62. The summed E-state index contributed by atoms with van der Waals surface area (Å²) in [6.45, 7) is 5.85. The van der Waals surface area contributed by atoms with E-state index in [-0.39, 0.29) is 5.54 Å². The van der Waals surface area contributed by atoms with Crippen LogP contribution in [0.15, 0.2) is 30.6 Å². The molecular formula is C20H21ClN6O2. The minimum absolute atomic E-state index is 0.307. The number of carbonyl (C=O) groups is 1. The van der Waals surface area contributed by atoms with Crippen molar-refractivity contribution in [3.05, 3.63) is 35.6 Å². The molecule has 0 atom stereocenters. The van der Waals surface area contributed by atoms with Crippen molar-refractivity contribution in [1.29, 1.82) is 0 Å². The number of amides is 1. The third-order valence-corrected chi connectivity index (χ3v) is 5.16. The van der Waals surface area contributed by atoms with E-state index in [9.17, 15) is 4.79 Å². The van der Waals surface area contributed by atoms with Crippen molar-refractivity contribution >= 4 is 39.8 Å². The number of rotatable bonds is 4. The lowest BCUT2D eigenvalue weighted by Gasteiger charge is -2.23. The van der Waals surface area contributed by atoms with E-state index in [1.807, 2.05) is 46.0 Å². The smallest absolute Gasteiger partial charge is 0.406 e. The number of aryl methyl sites for hydroxylation is 1. The van der Waals surface area contributed by atoms with Gasteiger partial charge < -0.3 is 15.0 Å². The number of nitrogens with zero attached hydrogens (tertiary/aromatic N) is 4. The molecule has 1 amide bonds. The summed E-state index contributed by atoms with van der Waals surface area (Å²) in [6, 6.07) is 5.57. The maximum absolute atomic E-state index is 12.3. The van der Waals surface area contributed by atoms with Gasteiger partial charge in [0.15, 0.2) is 16.9 Å². The highest BCUT2D eigenvalue weighted by molar-refractivity contribution is 6.31. The maximum Gasteiger partial charge on any atom is 0.413 e. The summed E-state index contributed by atoms with van der Waals surface area (Å²) < 4.78 is 7.23. The van der Waals surface area contributed by atoms with Gasteiger partial charge in [-0.05, 0) is 38.5 Å². The van der Waals surface area contributed by atoms with Crippen LogP contribution in [0.2, 0.25) is 5.02 Å². The molecule has 8 nitrogen and oxygen atoms in total. The molecule has 9 heteroatoms. The largest absolute Gasteiger partial charge is 0.413 e. The Morgan fingerprint density at radius 3 is 2.93 bits per heavy atom. The average molecular weight is 413 g/mol. The zero-order valence-electron chi connectivity index (χ0n) is 16.6. The number of nitrogens with one attached hydrogen (secondary N) is 2. The Morgan fingerprint density at radius 2 is 2.17 bits per heavy atom. The number of ether oxygens (including phenoxy) is 1. The van der Waals surface area contributed by atoms with Gasteiger partial charge in [0.25, 0.3) is 0 Å². The van der Waals surface area contributed by atoms with E-state index in [1.54, 1.807) is 17.1 Å². The van der Waals surface area contributed by atoms with Gasteiger partial charge in [0.05, 0.1) is 11.7 Å². The first-order chi connectivity index (χ1) is 13.8. The third kappa shape index (κ3) is 3.63.